The van der Waals surface area contributed by atoms with E-state index in [-0.39, 0.29) is 12.0 Å². The summed E-state index contributed by atoms with van der Waals surface area (Å²) in [4.78, 5) is 0. The van der Waals surface area contributed by atoms with Crippen LogP contribution in [0.4, 0.5) is 0 Å². The topological polar surface area (TPSA) is 46.3 Å². The van der Waals surface area contributed by atoms with Crippen LogP contribution in [0.2, 0.25) is 0 Å². The van der Waals surface area contributed by atoms with Gasteiger partial charge in [0, 0.05) is 10.8 Å². The normalized spacial score (nSPS) is 12.3. The van der Waals surface area contributed by atoms with E-state index in [0.717, 1.165) is 22.2 Å². The van der Waals surface area contributed by atoms with Crippen molar-refractivity contribution in [2.75, 3.05) is 6.61 Å². The van der Waals surface area contributed by atoms with Crippen molar-refractivity contribution in [3.8, 4) is 0 Å². The third-order valence-corrected chi connectivity index (χ3v) is 2.83. The molecule has 0 aliphatic rings. The van der Waals surface area contributed by atoms with Gasteiger partial charge in [-0.3, -0.25) is 0 Å². The van der Waals surface area contributed by atoms with Crippen molar-refractivity contribution >= 4 is 11.0 Å². The summed E-state index contributed by atoms with van der Waals surface area (Å²) in [6.07, 6.45) is 0. The number of aromatic nitrogens is 1. The first kappa shape index (κ1) is 10.2. The zero-order valence-electron chi connectivity index (χ0n) is 9.24. The maximum atomic E-state index is 9.30. The van der Waals surface area contributed by atoms with Crippen molar-refractivity contribution in [2.45, 2.75) is 26.2 Å². The van der Waals surface area contributed by atoms with Gasteiger partial charge in [0.1, 0.15) is 0 Å². The fraction of sp³-hybridized carbons (Fsp3) is 0.417. The Labute approximate surface area is 88.7 Å². The van der Waals surface area contributed by atoms with Gasteiger partial charge in [0.05, 0.1) is 12.3 Å². The Balaban J connectivity index is 2.59. The monoisotopic (exact) mass is 205 g/mol. The maximum Gasteiger partial charge on any atom is 0.167 e. The van der Waals surface area contributed by atoms with Crippen molar-refractivity contribution in [3.63, 3.8) is 0 Å². The van der Waals surface area contributed by atoms with Crippen LogP contribution in [-0.4, -0.2) is 16.9 Å². The maximum absolute atomic E-state index is 9.30. The highest BCUT2D eigenvalue weighted by atomic mass is 16.5. The first-order valence-electron chi connectivity index (χ1n) is 5.02. The van der Waals surface area contributed by atoms with E-state index < -0.39 is 0 Å². The summed E-state index contributed by atoms with van der Waals surface area (Å²) in [6, 6.07) is 5.92. The van der Waals surface area contributed by atoms with E-state index in [1.807, 2.05) is 39.0 Å². The molecule has 80 valence electrons. The molecule has 0 atom stereocenters. The second-order valence-electron chi connectivity index (χ2n) is 4.52. The van der Waals surface area contributed by atoms with Gasteiger partial charge in [-0.2, -0.15) is 0 Å². The SMILES string of the molecule is Cc1noc2ccc(C(C)(C)CO)cc12. The quantitative estimate of drug-likeness (QED) is 0.818. The number of hydrogen-bond acceptors (Lipinski definition) is 3. The zero-order chi connectivity index (χ0) is 11.1. The summed E-state index contributed by atoms with van der Waals surface area (Å²) in [5.74, 6) is 0. The largest absolute Gasteiger partial charge is 0.395 e. The zero-order valence-corrected chi connectivity index (χ0v) is 9.24. The number of hydrogen-bond donors (Lipinski definition) is 1. The lowest BCUT2D eigenvalue weighted by Crippen LogP contribution is -2.21. The molecule has 0 amide bonds. The Morgan fingerprint density at radius 3 is 2.80 bits per heavy atom. The van der Waals surface area contributed by atoms with Crippen LogP contribution in [0.3, 0.4) is 0 Å². The Bertz CT molecular complexity index is 485. The number of nitrogens with zero attached hydrogens (tertiary/aromatic N) is 1. The van der Waals surface area contributed by atoms with Crippen molar-refractivity contribution < 1.29 is 9.63 Å². The van der Waals surface area contributed by atoms with Crippen LogP contribution in [0.15, 0.2) is 22.7 Å². The summed E-state index contributed by atoms with van der Waals surface area (Å²) in [7, 11) is 0. The third-order valence-electron chi connectivity index (χ3n) is 2.83. The van der Waals surface area contributed by atoms with Gasteiger partial charge < -0.3 is 9.63 Å². The molecule has 2 aromatic rings. The van der Waals surface area contributed by atoms with Gasteiger partial charge >= 0.3 is 0 Å². The standard InChI is InChI=1S/C12H15NO2/c1-8-10-6-9(12(2,3)7-14)4-5-11(10)15-13-8/h4-6,14H,7H2,1-3H3. The predicted octanol–water partition coefficient (Wildman–Crippen LogP) is 2.41. The van der Waals surface area contributed by atoms with Crippen LogP contribution in [0, 0.1) is 6.92 Å². The molecule has 0 saturated heterocycles. The second kappa shape index (κ2) is 3.35. The van der Waals surface area contributed by atoms with Crippen molar-refractivity contribution in [1.29, 1.82) is 0 Å². The lowest BCUT2D eigenvalue weighted by Gasteiger charge is -2.21. The smallest absolute Gasteiger partial charge is 0.167 e. The molecule has 0 radical (unpaired) electrons. The van der Waals surface area contributed by atoms with Gasteiger partial charge in [-0.1, -0.05) is 25.1 Å². The molecule has 0 aliphatic heterocycles. The lowest BCUT2D eigenvalue weighted by molar-refractivity contribution is 0.218. The highest BCUT2D eigenvalue weighted by molar-refractivity contribution is 5.80. The summed E-state index contributed by atoms with van der Waals surface area (Å²) in [5.41, 5.74) is 2.56. The summed E-state index contributed by atoms with van der Waals surface area (Å²) in [6.45, 7) is 6.07. The van der Waals surface area contributed by atoms with Crippen molar-refractivity contribution in [1.82, 2.24) is 5.16 Å². The Morgan fingerprint density at radius 2 is 2.13 bits per heavy atom. The van der Waals surface area contributed by atoms with Gasteiger partial charge in [-0.25, -0.2) is 0 Å². The highest BCUT2D eigenvalue weighted by Gasteiger charge is 2.20. The number of benzene rings is 1. The molecule has 0 aliphatic carbocycles. The van der Waals surface area contributed by atoms with E-state index >= 15 is 0 Å². The first-order valence-corrected chi connectivity index (χ1v) is 5.02. The Kier molecular flexibility index (Phi) is 2.27. The molecule has 0 spiro atoms. The van der Waals surface area contributed by atoms with Gasteiger partial charge in [-0.15, -0.1) is 0 Å². The molecule has 0 saturated carbocycles. The molecule has 0 fully saturated rings. The fourth-order valence-corrected chi connectivity index (χ4v) is 1.57. The van der Waals surface area contributed by atoms with Crippen LogP contribution in [0.1, 0.15) is 25.1 Å². The molecule has 1 N–H and O–H groups in total. The fourth-order valence-electron chi connectivity index (χ4n) is 1.57. The van der Waals surface area contributed by atoms with E-state index in [0.29, 0.717) is 0 Å². The highest BCUT2D eigenvalue weighted by Crippen LogP contribution is 2.27. The molecular formula is C12H15NO2. The first-order chi connectivity index (χ1) is 7.04. The predicted molar refractivity (Wildman–Crippen MR) is 58.9 cm³/mol. The molecule has 1 heterocycles. The van der Waals surface area contributed by atoms with E-state index in [9.17, 15) is 5.11 Å². The number of rotatable bonds is 2. The minimum atomic E-state index is -0.224. The second-order valence-corrected chi connectivity index (χ2v) is 4.52. The number of fused-ring (bicyclic) bond motifs is 1. The molecule has 0 unspecified atom stereocenters. The van der Waals surface area contributed by atoms with Crippen LogP contribution in [0.5, 0.6) is 0 Å². The van der Waals surface area contributed by atoms with E-state index in [1.165, 1.54) is 0 Å². The molecular weight excluding hydrogens is 190 g/mol. The Morgan fingerprint density at radius 1 is 1.40 bits per heavy atom. The molecule has 1 aromatic heterocycles. The number of aliphatic hydroxyl groups is 1. The average Bonchev–Trinajstić information content (AvgIpc) is 2.60. The van der Waals surface area contributed by atoms with Crippen LogP contribution in [-0.2, 0) is 5.41 Å². The Hall–Kier alpha value is -1.35. The summed E-state index contributed by atoms with van der Waals surface area (Å²) < 4.78 is 5.14. The van der Waals surface area contributed by atoms with Gasteiger partial charge in [0.2, 0.25) is 0 Å². The molecule has 15 heavy (non-hydrogen) atoms. The number of aliphatic hydroxyl groups excluding tert-OH is 1. The van der Waals surface area contributed by atoms with Crippen molar-refractivity contribution in [3.05, 3.63) is 29.5 Å². The van der Waals surface area contributed by atoms with Gasteiger partial charge in [-0.05, 0) is 24.6 Å². The van der Waals surface area contributed by atoms with Crippen LogP contribution < -0.4 is 0 Å². The third kappa shape index (κ3) is 1.63. The van der Waals surface area contributed by atoms with Crippen LogP contribution >= 0.6 is 0 Å². The van der Waals surface area contributed by atoms with Crippen LogP contribution in [0.25, 0.3) is 11.0 Å². The molecule has 1 aromatic carbocycles. The lowest BCUT2D eigenvalue weighted by atomic mass is 9.85. The molecule has 0 bridgehead atoms. The summed E-state index contributed by atoms with van der Waals surface area (Å²) in [5, 5.41) is 14.2. The van der Waals surface area contributed by atoms with E-state index in [2.05, 4.69) is 5.16 Å². The summed E-state index contributed by atoms with van der Waals surface area (Å²) >= 11 is 0. The number of aryl methyl sites for hydroxylation is 1. The average molecular weight is 205 g/mol. The van der Waals surface area contributed by atoms with Crippen molar-refractivity contribution in [2.24, 2.45) is 0 Å². The molecule has 3 nitrogen and oxygen atoms in total. The van der Waals surface area contributed by atoms with Gasteiger partial charge in [0.15, 0.2) is 5.58 Å². The van der Waals surface area contributed by atoms with E-state index in [4.69, 9.17) is 4.52 Å². The van der Waals surface area contributed by atoms with Gasteiger partial charge in [0.25, 0.3) is 0 Å². The van der Waals surface area contributed by atoms with E-state index in [1.54, 1.807) is 0 Å². The minimum absolute atomic E-state index is 0.128. The minimum Gasteiger partial charge on any atom is -0.395 e. The molecule has 3 heteroatoms. The molecule has 2 rings (SSSR count).